The van der Waals surface area contributed by atoms with Gasteiger partial charge in [-0.2, -0.15) is 0 Å². The number of aromatic nitrogens is 2. The lowest BCUT2D eigenvalue weighted by molar-refractivity contribution is 0.0276. The maximum absolute atomic E-state index is 12.6. The summed E-state index contributed by atoms with van der Waals surface area (Å²) in [7, 11) is -2.39. The molecule has 152 valence electrons. The van der Waals surface area contributed by atoms with Crippen LogP contribution in [-0.2, 0) is 14.8 Å². The van der Waals surface area contributed by atoms with E-state index in [0.717, 1.165) is 0 Å². The van der Waals surface area contributed by atoms with Gasteiger partial charge in [0.1, 0.15) is 5.75 Å². The Morgan fingerprint density at radius 1 is 1.14 bits per heavy atom. The van der Waals surface area contributed by atoms with Gasteiger partial charge in [0.05, 0.1) is 17.6 Å². The van der Waals surface area contributed by atoms with Crippen LogP contribution in [-0.4, -0.2) is 31.7 Å². The van der Waals surface area contributed by atoms with Crippen molar-refractivity contribution in [3.05, 3.63) is 65.9 Å². The van der Waals surface area contributed by atoms with E-state index in [9.17, 15) is 13.2 Å². The topological polar surface area (TPSA) is 121 Å². The molecule has 1 N–H and O–H groups in total. The zero-order chi connectivity index (χ0) is 21.0. The van der Waals surface area contributed by atoms with Crippen molar-refractivity contribution in [2.24, 2.45) is 0 Å². The van der Waals surface area contributed by atoms with Gasteiger partial charge in [-0.3, -0.25) is 4.72 Å². The Morgan fingerprint density at radius 2 is 1.86 bits per heavy atom. The Kier molecular flexibility index (Phi) is 5.83. The molecule has 0 aliphatic rings. The highest BCUT2D eigenvalue weighted by atomic mass is 32.2. The van der Waals surface area contributed by atoms with Crippen molar-refractivity contribution in [2.75, 3.05) is 11.8 Å². The summed E-state index contributed by atoms with van der Waals surface area (Å²) >= 11 is 0. The molecular weight excluding hydrogens is 398 g/mol. The van der Waals surface area contributed by atoms with Crippen LogP contribution >= 0.6 is 0 Å². The molecule has 0 bridgehead atoms. The Hall–Kier alpha value is -3.40. The summed E-state index contributed by atoms with van der Waals surface area (Å²) in [5.74, 6) is 0.388. The van der Waals surface area contributed by atoms with E-state index in [4.69, 9.17) is 13.9 Å². The van der Waals surface area contributed by atoms with Crippen molar-refractivity contribution in [2.45, 2.75) is 24.8 Å². The minimum atomic E-state index is -3.91. The van der Waals surface area contributed by atoms with E-state index in [1.54, 1.807) is 38.1 Å². The second-order valence-corrected chi connectivity index (χ2v) is 7.75. The van der Waals surface area contributed by atoms with Gasteiger partial charge in [-0.25, -0.2) is 13.2 Å². The first-order valence-corrected chi connectivity index (χ1v) is 10.0. The largest absolute Gasteiger partial charge is 0.497 e. The number of carbonyl (C=O) groups is 1. The second kappa shape index (κ2) is 8.31. The third-order valence-electron chi connectivity index (χ3n) is 3.90. The van der Waals surface area contributed by atoms with Crippen LogP contribution in [0.25, 0.3) is 0 Å². The van der Waals surface area contributed by atoms with Crippen LogP contribution in [0.3, 0.4) is 0 Å². The first-order valence-electron chi connectivity index (χ1n) is 8.56. The molecule has 1 aromatic heterocycles. The highest BCUT2D eigenvalue weighted by molar-refractivity contribution is 7.92. The molecule has 0 aliphatic heterocycles. The Balaban J connectivity index is 1.75. The number of carbonyl (C=O) groups excluding carboxylic acids is 1. The number of rotatable bonds is 7. The van der Waals surface area contributed by atoms with Crippen molar-refractivity contribution >= 4 is 21.7 Å². The number of sulfonamides is 1. The Labute approximate surface area is 167 Å². The summed E-state index contributed by atoms with van der Waals surface area (Å²) in [4.78, 5) is 12.3. The Bertz CT molecular complexity index is 1110. The first-order chi connectivity index (χ1) is 13.8. The van der Waals surface area contributed by atoms with Gasteiger partial charge < -0.3 is 13.9 Å². The minimum Gasteiger partial charge on any atom is -0.497 e. The first kappa shape index (κ1) is 20.3. The number of aryl methyl sites for hydroxylation is 1. The van der Waals surface area contributed by atoms with Gasteiger partial charge in [-0.15, -0.1) is 10.2 Å². The minimum absolute atomic E-state index is 0.0747. The molecule has 0 amide bonds. The highest BCUT2D eigenvalue weighted by Gasteiger charge is 2.21. The fraction of sp³-hybridized carbons (Fsp3) is 0.211. The molecule has 3 aromatic rings. The molecule has 9 nitrogen and oxygen atoms in total. The van der Waals surface area contributed by atoms with Crippen LogP contribution in [0.2, 0.25) is 0 Å². The predicted octanol–water partition coefficient (Wildman–Crippen LogP) is 3.11. The fourth-order valence-electron chi connectivity index (χ4n) is 2.42. The normalized spacial score (nSPS) is 12.2. The molecule has 29 heavy (non-hydrogen) atoms. The molecule has 0 saturated carbocycles. The van der Waals surface area contributed by atoms with Crippen molar-refractivity contribution in [1.29, 1.82) is 0 Å². The number of nitrogens with one attached hydrogen (secondary N) is 1. The van der Waals surface area contributed by atoms with E-state index in [1.165, 1.54) is 31.4 Å². The molecule has 1 atom stereocenters. The molecule has 1 heterocycles. The predicted molar refractivity (Wildman–Crippen MR) is 103 cm³/mol. The number of ether oxygens (including phenoxy) is 2. The van der Waals surface area contributed by atoms with Crippen LogP contribution in [0.1, 0.15) is 35.2 Å². The van der Waals surface area contributed by atoms with Gasteiger partial charge in [-0.1, -0.05) is 6.07 Å². The van der Waals surface area contributed by atoms with Gasteiger partial charge in [-0.05, 0) is 49.4 Å². The summed E-state index contributed by atoms with van der Waals surface area (Å²) < 4.78 is 43.3. The van der Waals surface area contributed by atoms with Crippen LogP contribution < -0.4 is 9.46 Å². The number of benzene rings is 2. The third kappa shape index (κ3) is 4.91. The number of methoxy groups -OCH3 is 1. The summed E-state index contributed by atoms with van der Waals surface area (Å²) in [5.41, 5.74) is 0.435. The van der Waals surface area contributed by atoms with Crippen molar-refractivity contribution in [3.63, 3.8) is 0 Å². The average Bonchev–Trinajstić information content (AvgIpc) is 3.15. The molecular formula is C19H19N3O6S. The van der Waals surface area contributed by atoms with E-state index in [2.05, 4.69) is 14.9 Å². The van der Waals surface area contributed by atoms with Gasteiger partial charge in [0.25, 0.3) is 15.9 Å². The van der Waals surface area contributed by atoms with Gasteiger partial charge in [0.15, 0.2) is 6.10 Å². The number of hydrogen-bond donors (Lipinski definition) is 1. The lowest BCUT2D eigenvalue weighted by Gasteiger charge is -2.11. The molecule has 1 unspecified atom stereocenters. The van der Waals surface area contributed by atoms with Crippen molar-refractivity contribution < 1.29 is 27.1 Å². The van der Waals surface area contributed by atoms with Crippen LogP contribution in [0.5, 0.6) is 5.75 Å². The van der Waals surface area contributed by atoms with Gasteiger partial charge in [0.2, 0.25) is 5.89 Å². The van der Waals surface area contributed by atoms with Crippen LogP contribution in [0.15, 0.2) is 57.8 Å². The SMILES string of the molecule is COc1ccc(NS(=O)(=O)c2cccc(C(=O)OC(C)c3nnc(C)o3)c2)cc1. The number of anilines is 1. The lowest BCUT2D eigenvalue weighted by Crippen LogP contribution is -2.15. The molecule has 0 spiro atoms. The highest BCUT2D eigenvalue weighted by Crippen LogP contribution is 2.22. The van der Waals surface area contributed by atoms with Crippen molar-refractivity contribution in [3.8, 4) is 5.75 Å². The monoisotopic (exact) mass is 417 g/mol. The van der Waals surface area contributed by atoms with E-state index in [0.29, 0.717) is 17.3 Å². The maximum atomic E-state index is 12.6. The number of esters is 1. The Morgan fingerprint density at radius 3 is 2.48 bits per heavy atom. The number of nitrogens with zero attached hydrogens (tertiary/aromatic N) is 2. The quantitative estimate of drug-likeness (QED) is 0.582. The molecule has 2 aromatic carbocycles. The fourth-order valence-corrected chi connectivity index (χ4v) is 3.52. The lowest BCUT2D eigenvalue weighted by atomic mass is 10.2. The third-order valence-corrected chi connectivity index (χ3v) is 5.27. The molecule has 10 heteroatoms. The summed E-state index contributed by atoms with van der Waals surface area (Å²) in [5, 5.41) is 7.48. The molecule has 0 fully saturated rings. The second-order valence-electron chi connectivity index (χ2n) is 6.07. The van der Waals surface area contributed by atoms with Crippen LogP contribution in [0.4, 0.5) is 5.69 Å². The zero-order valence-corrected chi connectivity index (χ0v) is 16.8. The molecule has 0 aliphatic carbocycles. The van der Waals surface area contributed by atoms with Crippen LogP contribution in [0, 0.1) is 6.92 Å². The van der Waals surface area contributed by atoms with Gasteiger partial charge in [0, 0.05) is 12.6 Å². The molecule has 3 rings (SSSR count). The summed E-state index contributed by atoms with van der Waals surface area (Å²) in [6.45, 7) is 3.20. The molecule has 0 saturated heterocycles. The average molecular weight is 417 g/mol. The van der Waals surface area contributed by atoms with Gasteiger partial charge >= 0.3 is 5.97 Å². The smallest absolute Gasteiger partial charge is 0.338 e. The van der Waals surface area contributed by atoms with Crippen molar-refractivity contribution in [1.82, 2.24) is 10.2 Å². The van der Waals surface area contributed by atoms with E-state index in [1.807, 2.05) is 0 Å². The summed E-state index contributed by atoms with van der Waals surface area (Å²) in [6.07, 6.45) is -0.776. The number of hydrogen-bond acceptors (Lipinski definition) is 8. The van der Waals surface area contributed by atoms with E-state index < -0.39 is 22.1 Å². The maximum Gasteiger partial charge on any atom is 0.338 e. The van der Waals surface area contributed by atoms with E-state index >= 15 is 0 Å². The molecule has 0 radical (unpaired) electrons. The van der Waals surface area contributed by atoms with E-state index in [-0.39, 0.29) is 16.3 Å². The zero-order valence-electron chi connectivity index (χ0n) is 15.9. The summed E-state index contributed by atoms with van der Waals surface area (Å²) in [6, 6.07) is 11.9. The standard InChI is InChI=1S/C19H19N3O6S/c1-12(18-21-20-13(2)28-18)27-19(23)14-5-4-6-17(11-14)29(24,25)22-15-7-9-16(26-3)10-8-15/h4-12,22H,1-3H3.